The second kappa shape index (κ2) is 5.23. The van der Waals surface area contributed by atoms with Gasteiger partial charge in [0.05, 0.1) is 7.11 Å². The molecule has 3 nitrogen and oxygen atoms in total. The first-order valence-corrected chi connectivity index (χ1v) is 4.75. The van der Waals surface area contributed by atoms with Crippen molar-refractivity contribution in [3.63, 3.8) is 0 Å². The number of ether oxygens (including phenoxy) is 1. The number of rotatable bonds is 4. The topological polar surface area (TPSA) is 45.9 Å². The molecular formula is C11H14N2O. The number of nitrogens with zero attached hydrogens (tertiary/aromatic N) is 2. The van der Waals surface area contributed by atoms with Crippen LogP contribution < -0.4 is 4.74 Å². The molecule has 0 saturated carbocycles. The number of hydrogen-bond donors (Lipinski definition) is 0. The van der Waals surface area contributed by atoms with E-state index in [1.165, 1.54) is 7.11 Å². The zero-order chi connectivity index (χ0) is 10.4. The van der Waals surface area contributed by atoms with Gasteiger partial charge in [-0.2, -0.15) is 5.26 Å². The van der Waals surface area contributed by atoms with Gasteiger partial charge in [-0.15, -0.1) is 0 Å². The fourth-order valence-electron chi connectivity index (χ4n) is 1.22. The van der Waals surface area contributed by atoms with Crippen LogP contribution in [0, 0.1) is 11.3 Å². The third-order valence-corrected chi connectivity index (χ3v) is 2.02. The van der Waals surface area contributed by atoms with Crippen LogP contribution in [0.1, 0.15) is 31.0 Å². The number of pyridine rings is 1. The minimum atomic E-state index is 0.432. The highest BCUT2D eigenvalue weighted by molar-refractivity contribution is 5.38. The molecule has 0 aromatic carbocycles. The Balaban J connectivity index is 2.86. The predicted molar refractivity (Wildman–Crippen MR) is 54.1 cm³/mol. The van der Waals surface area contributed by atoms with Crippen LogP contribution in [-0.4, -0.2) is 12.1 Å². The van der Waals surface area contributed by atoms with Gasteiger partial charge in [-0.3, -0.25) is 0 Å². The summed E-state index contributed by atoms with van der Waals surface area (Å²) >= 11 is 0. The molecule has 3 heteroatoms. The zero-order valence-corrected chi connectivity index (χ0v) is 8.58. The molecule has 0 saturated heterocycles. The van der Waals surface area contributed by atoms with E-state index in [1.54, 1.807) is 6.07 Å². The number of hydrogen-bond acceptors (Lipinski definition) is 3. The Labute approximate surface area is 84.3 Å². The summed E-state index contributed by atoms with van der Waals surface area (Å²) in [4.78, 5) is 4.25. The fraction of sp³-hybridized carbons (Fsp3) is 0.455. The van der Waals surface area contributed by atoms with Crippen LogP contribution in [0.4, 0.5) is 0 Å². The summed E-state index contributed by atoms with van der Waals surface area (Å²) in [5.74, 6) is 0.432. The van der Waals surface area contributed by atoms with E-state index in [2.05, 4.69) is 11.9 Å². The molecule has 0 N–H and O–H groups in total. The number of methoxy groups -OCH3 is 1. The van der Waals surface area contributed by atoms with Crippen LogP contribution in [0.3, 0.4) is 0 Å². The third kappa shape index (κ3) is 2.46. The van der Waals surface area contributed by atoms with E-state index < -0.39 is 0 Å². The predicted octanol–water partition coefficient (Wildman–Crippen LogP) is 2.30. The Hall–Kier alpha value is -1.56. The summed E-state index contributed by atoms with van der Waals surface area (Å²) < 4.78 is 5.02. The highest BCUT2D eigenvalue weighted by atomic mass is 16.5. The van der Waals surface area contributed by atoms with Crippen molar-refractivity contribution in [1.29, 1.82) is 5.26 Å². The minimum Gasteiger partial charge on any atom is -0.480 e. The number of aryl methyl sites for hydroxylation is 1. The standard InChI is InChI=1S/C11H14N2O/c1-3-4-5-10-7-6-9(8-12)11(13-10)14-2/h6-7H,3-5H2,1-2H3. The molecule has 1 aromatic rings. The lowest BCUT2D eigenvalue weighted by atomic mass is 10.1. The molecule has 0 fully saturated rings. The zero-order valence-electron chi connectivity index (χ0n) is 8.58. The molecule has 14 heavy (non-hydrogen) atoms. The van der Waals surface area contributed by atoms with Gasteiger partial charge in [-0.05, 0) is 25.0 Å². The van der Waals surface area contributed by atoms with Gasteiger partial charge in [0.1, 0.15) is 11.6 Å². The molecule has 0 atom stereocenters. The van der Waals surface area contributed by atoms with Gasteiger partial charge >= 0.3 is 0 Å². The molecule has 1 aromatic heterocycles. The quantitative estimate of drug-likeness (QED) is 0.731. The molecule has 0 bridgehead atoms. The lowest BCUT2D eigenvalue weighted by Gasteiger charge is -2.04. The van der Waals surface area contributed by atoms with Crippen LogP contribution >= 0.6 is 0 Å². The Morgan fingerprint density at radius 1 is 1.50 bits per heavy atom. The molecule has 0 spiro atoms. The molecule has 1 heterocycles. The van der Waals surface area contributed by atoms with E-state index in [1.807, 2.05) is 12.1 Å². The van der Waals surface area contributed by atoms with E-state index in [4.69, 9.17) is 10.00 Å². The molecule has 0 amide bonds. The van der Waals surface area contributed by atoms with Crippen molar-refractivity contribution in [2.45, 2.75) is 26.2 Å². The molecule has 1 rings (SSSR count). The second-order valence-electron chi connectivity index (χ2n) is 3.07. The molecule has 74 valence electrons. The van der Waals surface area contributed by atoms with Crippen LogP contribution in [0.2, 0.25) is 0 Å². The monoisotopic (exact) mass is 190 g/mol. The molecule has 0 aliphatic rings. The first-order chi connectivity index (χ1) is 6.81. The maximum atomic E-state index is 8.75. The van der Waals surface area contributed by atoms with Gasteiger partial charge in [-0.1, -0.05) is 13.3 Å². The normalized spacial score (nSPS) is 9.50. The van der Waals surface area contributed by atoms with Crippen molar-refractivity contribution in [3.8, 4) is 11.9 Å². The maximum absolute atomic E-state index is 8.75. The van der Waals surface area contributed by atoms with Gasteiger partial charge in [0.15, 0.2) is 0 Å². The van der Waals surface area contributed by atoms with Gasteiger partial charge in [0.25, 0.3) is 0 Å². The van der Waals surface area contributed by atoms with Gasteiger partial charge < -0.3 is 4.74 Å². The minimum absolute atomic E-state index is 0.432. The Bertz CT molecular complexity index is 342. The number of nitriles is 1. The molecular weight excluding hydrogens is 176 g/mol. The van der Waals surface area contributed by atoms with Crippen molar-refractivity contribution in [2.24, 2.45) is 0 Å². The van der Waals surface area contributed by atoms with Crippen molar-refractivity contribution in [1.82, 2.24) is 4.98 Å². The first kappa shape index (κ1) is 10.5. The van der Waals surface area contributed by atoms with E-state index in [9.17, 15) is 0 Å². The van der Waals surface area contributed by atoms with Crippen molar-refractivity contribution in [3.05, 3.63) is 23.4 Å². The van der Waals surface area contributed by atoms with E-state index >= 15 is 0 Å². The second-order valence-corrected chi connectivity index (χ2v) is 3.07. The highest BCUT2D eigenvalue weighted by Crippen LogP contribution is 2.15. The Morgan fingerprint density at radius 3 is 2.86 bits per heavy atom. The van der Waals surface area contributed by atoms with E-state index in [0.717, 1.165) is 25.0 Å². The van der Waals surface area contributed by atoms with Gasteiger partial charge in [-0.25, -0.2) is 4.98 Å². The van der Waals surface area contributed by atoms with Crippen LogP contribution in [0.5, 0.6) is 5.88 Å². The summed E-state index contributed by atoms with van der Waals surface area (Å²) in [7, 11) is 1.53. The van der Waals surface area contributed by atoms with Crippen molar-refractivity contribution < 1.29 is 4.74 Å². The lowest BCUT2D eigenvalue weighted by Crippen LogP contribution is -1.96. The van der Waals surface area contributed by atoms with Crippen LogP contribution in [0.25, 0.3) is 0 Å². The summed E-state index contributed by atoms with van der Waals surface area (Å²) in [6.45, 7) is 2.14. The first-order valence-electron chi connectivity index (χ1n) is 4.75. The number of aromatic nitrogens is 1. The third-order valence-electron chi connectivity index (χ3n) is 2.02. The van der Waals surface area contributed by atoms with E-state index in [0.29, 0.717) is 11.4 Å². The highest BCUT2D eigenvalue weighted by Gasteiger charge is 2.04. The maximum Gasteiger partial charge on any atom is 0.231 e. The van der Waals surface area contributed by atoms with Crippen LogP contribution in [0.15, 0.2) is 12.1 Å². The Kier molecular flexibility index (Phi) is 3.93. The Morgan fingerprint density at radius 2 is 2.29 bits per heavy atom. The average Bonchev–Trinajstić information content (AvgIpc) is 2.25. The lowest BCUT2D eigenvalue weighted by molar-refractivity contribution is 0.394. The van der Waals surface area contributed by atoms with Crippen molar-refractivity contribution in [2.75, 3.05) is 7.11 Å². The van der Waals surface area contributed by atoms with Gasteiger partial charge in [0.2, 0.25) is 5.88 Å². The van der Waals surface area contributed by atoms with Crippen molar-refractivity contribution >= 4 is 0 Å². The summed E-state index contributed by atoms with van der Waals surface area (Å²) in [6, 6.07) is 5.69. The summed E-state index contributed by atoms with van der Waals surface area (Å²) in [5.41, 5.74) is 1.48. The largest absolute Gasteiger partial charge is 0.480 e. The fourth-order valence-corrected chi connectivity index (χ4v) is 1.22. The summed E-state index contributed by atoms with van der Waals surface area (Å²) in [5, 5.41) is 8.75. The van der Waals surface area contributed by atoms with Gasteiger partial charge in [0, 0.05) is 5.69 Å². The van der Waals surface area contributed by atoms with Crippen LogP contribution in [-0.2, 0) is 6.42 Å². The molecule has 0 unspecified atom stereocenters. The average molecular weight is 190 g/mol. The number of unbranched alkanes of at least 4 members (excludes halogenated alkanes) is 1. The molecule has 0 aliphatic carbocycles. The molecule has 0 aliphatic heterocycles. The summed E-state index contributed by atoms with van der Waals surface area (Å²) in [6.07, 6.45) is 3.20. The molecule has 0 radical (unpaired) electrons. The smallest absolute Gasteiger partial charge is 0.231 e. The SMILES string of the molecule is CCCCc1ccc(C#N)c(OC)n1. The van der Waals surface area contributed by atoms with E-state index in [-0.39, 0.29) is 0 Å².